The Morgan fingerprint density at radius 3 is 1.69 bits per heavy atom. The highest BCUT2D eigenvalue weighted by Crippen LogP contribution is 2.36. The van der Waals surface area contributed by atoms with E-state index in [2.05, 4.69) is 4.90 Å². The van der Waals surface area contributed by atoms with Crippen molar-refractivity contribution in [1.82, 2.24) is 0 Å². The average molecular weight is 382 g/mol. The topological polar surface area (TPSA) is 37.4 Å². The second kappa shape index (κ2) is 7.17. The van der Waals surface area contributed by atoms with Crippen LogP contribution >= 0.6 is 11.8 Å². The highest BCUT2D eigenvalue weighted by molar-refractivity contribution is 8.08. The first-order valence-electron chi connectivity index (χ1n) is 8.48. The van der Waals surface area contributed by atoms with Crippen molar-refractivity contribution in [2.75, 3.05) is 16.4 Å². The lowest BCUT2D eigenvalue weighted by Gasteiger charge is -2.25. The van der Waals surface area contributed by atoms with E-state index in [1.165, 1.54) is 0 Å². The molecule has 1 aliphatic heterocycles. The summed E-state index contributed by atoms with van der Waals surface area (Å²) in [6.45, 7) is 0. The molecule has 132 valence electrons. The molecule has 0 bridgehead atoms. The number of sulfone groups is 1. The Hall–Kier alpha value is -2.24. The summed E-state index contributed by atoms with van der Waals surface area (Å²) >= 11 is 1.71. The minimum Gasteiger partial charge on any atom is -0.311 e. The lowest BCUT2D eigenvalue weighted by atomic mass is 10.2. The lowest BCUT2D eigenvalue weighted by molar-refractivity contribution is 0.596. The van der Waals surface area contributed by atoms with Gasteiger partial charge in [0, 0.05) is 28.1 Å². The number of para-hydroxylation sites is 2. The molecule has 1 unspecified atom stereocenters. The van der Waals surface area contributed by atoms with E-state index in [-0.39, 0.29) is 11.0 Å². The van der Waals surface area contributed by atoms with E-state index >= 15 is 0 Å². The van der Waals surface area contributed by atoms with E-state index < -0.39 is 9.84 Å². The molecule has 0 N–H and O–H groups in total. The van der Waals surface area contributed by atoms with Crippen LogP contribution in [0.3, 0.4) is 0 Å². The number of benzene rings is 3. The third-order valence-electron chi connectivity index (χ3n) is 4.29. The van der Waals surface area contributed by atoms with Crippen molar-refractivity contribution in [3.63, 3.8) is 0 Å². The molecule has 3 aromatic carbocycles. The second-order valence-electron chi connectivity index (χ2n) is 6.24. The molecule has 1 fully saturated rings. The van der Waals surface area contributed by atoms with Crippen molar-refractivity contribution < 1.29 is 8.42 Å². The van der Waals surface area contributed by atoms with Gasteiger partial charge in [-0.05, 0) is 48.5 Å². The Morgan fingerprint density at radius 1 is 0.769 bits per heavy atom. The van der Waals surface area contributed by atoms with E-state index in [1.54, 1.807) is 23.9 Å². The SMILES string of the molecule is O=S(=O)(CC1CS1)c1ccc(N(c2ccccc2)c2ccccc2)cc1. The van der Waals surface area contributed by atoms with Crippen LogP contribution < -0.4 is 4.90 Å². The molecule has 0 aliphatic carbocycles. The van der Waals surface area contributed by atoms with E-state index in [1.807, 2.05) is 72.8 Å². The summed E-state index contributed by atoms with van der Waals surface area (Å²) in [5.74, 6) is 1.19. The minimum atomic E-state index is -3.21. The van der Waals surface area contributed by atoms with Crippen LogP contribution in [0.2, 0.25) is 0 Å². The highest BCUT2D eigenvalue weighted by Gasteiger charge is 2.30. The van der Waals surface area contributed by atoms with Crippen LogP contribution in [0, 0.1) is 0 Å². The van der Waals surface area contributed by atoms with Crippen LogP contribution in [0.5, 0.6) is 0 Å². The van der Waals surface area contributed by atoms with E-state index in [0.717, 1.165) is 22.8 Å². The first kappa shape index (κ1) is 17.2. The summed E-state index contributed by atoms with van der Waals surface area (Å²) < 4.78 is 25.0. The van der Waals surface area contributed by atoms with Gasteiger partial charge in [-0.1, -0.05) is 36.4 Å². The maximum Gasteiger partial charge on any atom is 0.179 e. The molecule has 1 saturated heterocycles. The number of hydrogen-bond donors (Lipinski definition) is 0. The van der Waals surface area contributed by atoms with Gasteiger partial charge >= 0.3 is 0 Å². The van der Waals surface area contributed by atoms with E-state index in [9.17, 15) is 8.42 Å². The van der Waals surface area contributed by atoms with Gasteiger partial charge in [-0.2, -0.15) is 11.8 Å². The third-order valence-corrected chi connectivity index (χ3v) is 7.30. The normalized spacial score (nSPS) is 16.2. The summed E-state index contributed by atoms with van der Waals surface area (Å²) in [6, 6.07) is 27.3. The molecule has 5 heteroatoms. The van der Waals surface area contributed by atoms with Crippen molar-refractivity contribution in [3.05, 3.63) is 84.9 Å². The van der Waals surface area contributed by atoms with Gasteiger partial charge in [0.25, 0.3) is 0 Å². The van der Waals surface area contributed by atoms with Crippen LogP contribution in [0.25, 0.3) is 0 Å². The summed E-state index contributed by atoms with van der Waals surface area (Å²) in [5, 5.41) is 0.268. The summed E-state index contributed by atoms with van der Waals surface area (Å²) in [6.07, 6.45) is 0. The van der Waals surface area contributed by atoms with Crippen LogP contribution in [-0.4, -0.2) is 25.2 Å². The van der Waals surface area contributed by atoms with Crippen LogP contribution in [0.1, 0.15) is 0 Å². The zero-order valence-electron chi connectivity index (χ0n) is 14.2. The molecule has 3 nitrogen and oxygen atoms in total. The maximum atomic E-state index is 12.5. The monoisotopic (exact) mass is 381 g/mol. The Morgan fingerprint density at radius 2 is 1.23 bits per heavy atom. The third kappa shape index (κ3) is 3.79. The lowest BCUT2D eigenvalue weighted by Crippen LogP contribution is -2.12. The number of thioether (sulfide) groups is 1. The molecule has 1 aliphatic rings. The highest BCUT2D eigenvalue weighted by atomic mass is 32.2. The number of anilines is 3. The molecule has 0 radical (unpaired) electrons. The van der Waals surface area contributed by atoms with Crippen molar-refractivity contribution in [3.8, 4) is 0 Å². The van der Waals surface area contributed by atoms with Gasteiger partial charge in [0.1, 0.15) is 0 Å². The first-order chi connectivity index (χ1) is 12.6. The molecule has 1 heterocycles. The van der Waals surface area contributed by atoms with E-state index in [4.69, 9.17) is 0 Å². The summed E-state index contributed by atoms with van der Waals surface area (Å²) in [7, 11) is -3.21. The van der Waals surface area contributed by atoms with Gasteiger partial charge in [-0.3, -0.25) is 0 Å². The second-order valence-corrected chi connectivity index (χ2v) is 9.60. The molecular formula is C21H19NO2S2. The fourth-order valence-electron chi connectivity index (χ4n) is 2.91. The van der Waals surface area contributed by atoms with Gasteiger partial charge < -0.3 is 4.90 Å². The largest absolute Gasteiger partial charge is 0.311 e. The van der Waals surface area contributed by atoms with Crippen molar-refractivity contribution in [2.24, 2.45) is 0 Å². The molecule has 4 rings (SSSR count). The van der Waals surface area contributed by atoms with Crippen molar-refractivity contribution in [1.29, 1.82) is 0 Å². The predicted molar refractivity (Wildman–Crippen MR) is 109 cm³/mol. The van der Waals surface area contributed by atoms with Gasteiger partial charge in [-0.25, -0.2) is 8.42 Å². The fourth-order valence-corrected chi connectivity index (χ4v) is 5.59. The average Bonchev–Trinajstić information content (AvgIpc) is 3.48. The van der Waals surface area contributed by atoms with Crippen LogP contribution in [0.4, 0.5) is 17.1 Å². The quantitative estimate of drug-likeness (QED) is 0.560. The van der Waals surface area contributed by atoms with Gasteiger partial charge in [0.2, 0.25) is 0 Å². The Kier molecular flexibility index (Phi) is 4.74. The number of hydrogen-bond acceptors (Lipinski definition) is 4. The van der Waals surface area contributed by atoms with Crippen molar-refractivity contribution >= 4 is 38.7 Å². The zero-order chi connectivity index (χ0) is 18.0. The molecule has 0 aromatic heterocycles. The molecule has 3 aromatic rings. The Bertz CT molecular complexity index is 928. The number of rotatable bonds is 6. The Balaban J connectivity index is 1.70. The molecular weight excluding hydrogens is 362 g/mol. The molecule has 0 spiro atoms. The molecule has 0 amide bonds. The maximum absolute atomic E-state index is 12.5. The van der Waals surface area contributed by atoms with E-state index in [0.29, 0.717) is 4.90 Å². The number of nitrogens with zero attached hydrogens (tertiary/aromatic N) is 1. The van der Waals surface area contributed by atoms with Crippen LogP contribution in [0.15, 0.2) is 89.8 Å². The molecule has 1 atom stereocenters. The van der Waals surface area contributed by atoms with Gasteiger partial charge in [0.15, 0.2) is 9.84 Å². The smallest absolute Gasteiger partial charge is 0.179 e. The predicted octanol–water partition coefficient (Wildman–Crippen LogP) is 5.05. The summed E-state index contributed by atoms with van der Waals surface area (Å²) in [4.78, 5) is 2.52. The fraction of sp³-hybridized carbons (Fsp3) is 0.143. The van der Waals surface area contributed by atoms with Gasteiger partial charge in [-0.15, -0.1) is 0 Å². The first-order valence-corrected chi connectivity index (χ1v) is 11.2. The molecule has 0 saturated carbocycles. The summed E-state index contributed by atoms with van der Waals surface area (Å²) in [5.41, 5.74) is 2.99. The Labute approximate surface area is 158 Å². The molecule has 26 heavy (non-hydrogen) atoms. The van der Waals surface area contributed by atoms with Crippen LogP contribution in [-0.2, 0) is 9.84 Å². The van der Waals surface area contributed by atoms with Gasteiger partial charge in [0.05, 0.1) is 10.6 Å². The van der Waals surface area contributed by atoms with Crippen molar-refractivity contribution in [2.45, 2.75) is 10.1 Å². The minimum absolute atomic E-state index is 0.234. The standard InChI is InChI=1S/C21H19NO2S2/c23-26(24,16-20-15-25-20)21-13-11-19(12-14-21)22(17-7-3-1-4-8-17)18-9-5-2-6-10-18/h1-14,20H,15-16H2. The zero-order valence-corrected chi connectivity index (χ0v) is 15.8.